The van der Waals surface area contributed by atoms with E-state index in [-0.39, 0.29) is 5.95 Å². The second-order valence-electron chi connectivity index (χ2n) is 7.25. The summed E-state index contributed by atoms with van der Waals surface area (Å²) in [6, 6.07) is 5.98. The predicted molar refractivity (Wildman–Crippen MR) is 105 cm³/mol. The number of hydrogen-bond acceptors (Lipinski definition) is 6. The molecule has 0 amide bonds. The van der Waals surface area contributed by atoms with Gasteiger partial charge in [-0.15, -0.1) is 11.8 Å². The highest BCUT2D eigenvalue weighted by molar-refractivity contribution is 7.98. The van der Waals surface area contributed by atoms with E-state index in [9.17, 15) is 13.2 Å². The van der Waals surface area contributed by atoms with Gasteiger partial charge in [0.2, 0.25) is 5.95 Å². The van der Waals surface area contributed by atoms with Crippen LogP contribution in [0.5, 0.6) is 0 Å². The van der Waals surface area contributed by atoms with E-state index in [2.05, 4.69) is 20.2 Å². The Labute approximate surface area is 165 Å². The minimum Gasteiger partial charge on any atom is -0.368 e. The average molecular weight is 409 g/mol. The fourth-order valence-corrected chi connectivity index (χ4v) is 4.70. The zero-order valence-electron chi connectivity index (χ0n) is 15.5. The van der Waals surface area contributed by atoms with Crippen LogP contribution in [0.15, 0.2) is 29.2 Å². The standard InChI is InChI=1S/C19H22F3N5S/c1-28-16-7-12(19(20,21)22)4-5-13(16)14-8-17(26-18(23)25-14)27-9-11-3-2-6-24-15(11)10-27/h4-5,7-8,11,15,24H,2-3,6,9-10H2,1H3,(H2,23,25,26). The number of thioether (sulfide) groups is 1. The minimum absolute atomic E-state index is 0.127. The molecule has 0 aliphatic carbocycles. The Morgan fingerprint density at radius 1 is 1.21 bits per heavy atom. The van der Waals surface area contributed by atoms with Gasteiger partial charge in [0.05, 0.1) is 11.3 Å². The molecule has 2 aliphatic rings. The van der Waals surface area contributed by atoms with E-state index in [1.807, 2.05) is 6.07 Å². The van der Waals surface area contributed by atoms with E-state index in [0.29, 0.717) is 28.1 Å². The summed E-state index contributed by atoms with van der Waals surface area (Å²) in [6.45, 7) is 2.79. The Morgan fingerprint density at radius 3 is 2.75 bits per heavy atom. The highest BCUT2D eigenvalue weighted by Gasteiger charge is 2.35. The normalized spacial score (nSPS) is 22.4. The lowest BCUT2D eigenvalue weighted by atomic mass is 9.94. The number of hydrogen-bond donors (Lipinski definition) is 2. The molecule has 2 aromatic rings. The molecule has 0 bridgehead atoms. The third-order valence-electron chi connectivity index (χ3n) is 5.46. The van der Waals surface area contributed by atoms with Crippen molar-refractivity contribution in [2.75, 3.05) is 36.5 Å². The number of nitrogens with one attached hydrogen (secondary N) is 1. The fraction of sp³-hybridized carbons (Fsp3) is 0.474. The van der Waals surface area contributed by atoms with Crippen LogP contribution < -0.4 is 16.0 Å². The van der Waals surface area contributed by atoms with E-state index in [1.54, 1.807) is 6.26 Å². The van der Waals surface area contributed by atoms with Crippen LogP contribution in [0.3, 0.4) is 0 Å². The first-order valence-electron chi connectivity index (χ1n) is 9.23. The van der Waals surface area contributed by atoms with Crippen LogP contribution in [-0.2, 0) is 6.18 Å². The Morgan fingerprint density at radius 2 is 2.04 bits per heavy atom. The van der Waals surface area contributed by atoms with Gasteiger partial charge < -0.3 is 16.0 Å². The molecular weight excluding hydrogens is 387 g/mol. The van der Waals surface area contributed by atoms with Gasteiger partial charge >= 0.3 is 6.18 Å². The van der Waals surface area contributed by atoms with Gasteiger partial charge in [-0.05, 0) is 43.7 Å². The molecule has 150 valence electrons. The van der Waals surface area contributed by atoms with Crippen molar-refractivity contribution in [3.8, 4) is 11.3 Å². The maximum atomic E-state index is 13.0. The topological polar surface area (TPSA) is 67.1 Å². The van der Waals surface area contributed by atoms with Crippen LogP contribution in [0.1, 0.15) is 18.4 Å². The smallest absolute Gasteiger partial charge is 0.368 e. The van der Waals surface area contributed by atoms with Gasteiger partial charge in [-0.3, -0.25) is 0 Å². The molecule has 1 aromatic carbocycles. The van der Waals surface area contributed by atoms with Crippen LogP contribution in [0.25, 0.3) is 11.3 Å². The maximum absolute atomic E-state index is 13.0. The molecule has 9 heteroatoms. The zero-order chi connectivity index (χ0) is 19.9. The van der Waals surface area contributed by atoms with E-state index in [0.717, 1.165) is 37.6 Å². The summed E-state index contributed by atoms with van der Waals surface area (Å²) < 4.78 is 39.1. The summed E-state index contributed by atoms with van der Waals surface area (Å²) in [5.74, 6) is 1.44. The van der Waals surface area contributed by atoms with Crippen LogP contribution in [0.2, 0.25) is 0 Å². The largest absolute Gasteiger partial charge is 0.416 e. The molecule has 4 rings (SSSR count). The Bertz CT molecular complexity index is 859. The molecule has 0 spiro atoms. The van der Waals surface area contributed by atoms with Crippen molar-refractivity contribution in [2.45, 2.75) is 30.0 Å². The molecule has 3 heterocycles. The second-order valence-corrected chi connectivity index (χ2v) is 8.10. The lowest BCUT2D eigenvalue weighted by Gasteiger charge is -2.24. The van der Waals surface area contributed by atoms with Crippen molar-refractivity contribution in [3.63, 3.8) is 0 Å². The zero-order valence-corrected chi connectivity index (χ0v) is 16.3. The Balaban J connectivity index is 1.68. The lowest BCUT2D eigenvalue weighted by Crippen LogP contribution is -2.40. The van der Waals surface area contributed by atoms with Gasteiger partial charge in [-0.2, -0.15) is 18.2 Å². The highest BCUT2D eigenvalue weighted by atomic mass is 32.2. The van der Waals surface area contributed by atoms with Crippen LogP contribution in [0.4, 0.5) is 24.9 Å². The summed E-state index contributed by atoms with van der Waals surface area (Å²) in [4.78, 5) is 11.4. The van der Waals surface area contributed by atoms with Gasteiger partial charge in [0.1, 0.15) is 5.82 Å². The molecule has 0 saturated carbocycles. The van der Waals surface area contributed by atoms with Crippen molar-refractivity contribution in [1.82, 2.24) is 15.3 Å². The number of rotatable bonds is 3. The van der Waals surface area contributed by atoms with Gasteiger partial charge in [0.15, 0.2) is 0 Å². The predicted octanol–water partition coefficient (Wildman–Crippen LogP) is 3.65. The Kier molecular flexibility index (Phi) is 5.13. The number of halogens is 3. The van der Waals surface area contributed by atoms with E-state index < -0.39 is 11.7 Å². The van der Waals surface area contributed by atoms with Crippen molar-refractivity contribution < 1.29 is 13.2 Å². The quantitative estimate of drug-likeness (QED) is 0.755. The lowest BCUT2D eigenvalue weighted by molar-refractivity contribution is -0.137. The molecule has 5 nitrogen and oxygen atoms in total. The maximum Gasteiger partial charge on any atom is 0.416 e. The first-order chi connectivity index (χ1) is 13.3. The SMILES string of the molecule is CSc1cc(C(F)(F)F)ccc1-c1cc(N2CC3CCCNC3C2)nc(N)n1. The number of alkyl halides is 3. The first-order valence-corrected chi connectivity index (χ1v) is 10.5. The van der Waals surface area contributed by atoms with Crippen LogP contribution in [0, 0.1) is 5.92 Å². The van der Waals surface area contributed by atoms with Crippen LogP contribution >= 0.6 is 11.8 Å². The summed E-state index contributed by atoms with van der Waals surface area (Å²) in [5, 5.41) is 3.55. The van der Waals surface area contributed by atoms with Crippen molar-refractivity contribution >= 4 is 23.5 Å². The molecule has 2 aliphatic heterocycles. The summed E-state index contributed by atoms with van der Waals surface area (Å²) in [7, 11) is 0. The van der Waals surface area contributed by atoms with Gasteiger partial charge in [0, 0.05) is 35.7 Å². The number of piperidine rings is 1. The molecule has 2 atom stereocenters. The van der Waals surface area contributed by atoms with Gasteiger partial charge in [0.25, 0.3) is 0 Å². The first kappa shape index (κ1) is 19.3. The minimum atomic E-state index is -4.38. The Hall–Kier alpha value is -2.00. The van der Waals surface area contributed by atoms with E-state index in [4.69, 9.17) is 5.73 Å². The molecule has 0 radical (unpaired) electrons. The molecule has 2 unspecified atom stereocenters. The molecule has 2 saturated heterocycles. The van der Waals surface area contributed by atoms with E-state index >= 15 is 0 Å². The molecule has 2 fully saturated rings. The number of nitrogens with zero attached hydrogens (tertiary/aromatic N) is 3. The highest BCUT2D eigenvalue weighted by Crippen LogP contribution is 2.37. The third-order valence-corrected chi connectivity index (χ3v) is 6.24. The van der Waals surface area contributed by atoms with Crippen molar-refractivity contribution in [2.24, 2.45) is 5.92 Å². The molecule has 1 aromatic heterocycles. The molecule has 28 heavy (non-hydrogen) atoms. The third kappa shape index (κ3) is 3.77. The van der Waals surface area contributed by atoms with Crippen LogP contribution in [-0.4, -0.2) is 41.9 Å². The van der Waals surface area contributed by atoms with E-state index in [1.165, 1.54) is 30.7 Å². The summed E-state index contributed by atoms with van der Waals surface area (Å²) >= 11 is 1.26. The van der Waals surface area contributed by atoms with Gasteiger partial charge in [-0.25, -0.2) is 4.98 Å². The summed E-state index contributed by atoms with van der Waals surface area (Å²) in [6.07, 6.45) is -0.259. The number of fused-ring (bicyclic) bond motifs is 1. The summed E-state index contributed by atoms with van der Waals surface area (Å²) in [5.41, 5.74) is 6.46. The number of benzene rings is 1. The number of nitrogens with two attached hydrogens (primary N) is 1. The van der Waals surface area contributed by atoms with Gasteiger partial charge in [-0.1, -0.05) is 6.07 Å². The number of nitrogen functional groups attached to an aromatic ring is 1. The second kappa shape index (κ2) is 7.44. The molecular formula is C19H22F3N5S. The molecule has 3 N–H and O–H groups in total. The van der Waals surface area contributed by atoms with Crippen molar-refractivity contribution in [1.29, 1.82) is 0 Å². The monoisotopic (exact) mass is 409 g/mol. The number of aromatic nitrogens is 2. The number of anilines is 2. The average Bonchev–Trinajstić information content (AvgIpc) is 3.10. The van der Waals surface area contributed by atoms with Crippen molar-refractivity contribution in [3.05, 3.63) is 29.8 Å². The fourth-order valence-electron chi connectivity index (χ4n) is 4.07.